The lowest BCUT2D eigenvalue weighted by Gasteiger charge is -2.35. The maximum absolute atomic E-state index is 12.7. The average molecular weight is 308 g/mol. The number of ether oxygens (including phenoxy) is 1. The summed E-state index contributed by atoms with van der Waals surface area (Å²) in [5.41, 5.74) is -0.464. The van der Waals surface area contributed by atoms with Gasteiger partial charge in [-0.15, -0.1) is 11.3 Å². The Labute approximate surface area is 118 Å². The molecule has 4 nitrogen and oxygen atoms in total. The number of hydrogen-bond acceptors (Lipinski definition) is 4. The van der Waals surface area contributed by atoms with Crippen LogP contribution in [0.2, 0.25) is 0 Å². The number of rotatable bonds is 2. The van der Waals surface area contributed by atoms with Gasteiger partial charge in [0.2, 0.25) is 0 Å². The fraction of sp³-hybridized carbons (Fsp3) is 0.667. The van der Waals surface area contributed by atoms with Crippen LogP contribution in [0.15, 0.2) is 5.51 Å². The van der Waals surface area contributed by atoms with E-state index in [1.54, 1.807) is 0 Å². The van der Waals surface area contributed by atoms with Crippen LogP contribution in [0.3, 0.4) is 0 Å². The van der Waals surface area contributed by atoms with Crippen molar-refractivity contribution in [2.24, 2.45) is 0 Å². The van der Waals surface area contributed by atoms with Crippen molar-refractivity contribution < 1.29 is 22.7 Å². The number of amides is 1. The molecule has 1 fully saturated rings. The van der Waals surface area contributed by atoms with Gasteiger partial charge >= 0.3 is 6.18 Å². The van der Waals surface area contributed by atoms with E-state index in [2.05, 4.69) is 10.3 Å². The quantitative estimate of drug-likeness (QED) is 0.914. The van der Waals surface area contributed by atoms with Gasteiger partial charge in [-0.2, -0.15) is 13.2 Å². The molecule has 1 saturated heterocycles. The Balaban J connectivity index is 2.08. The second-order valence-electron chi connectivity index (χ2n) is 5.30. The van der Waals surface area contributed by atoms with E-state index in [9.17, 15) is 18.0 Å². The summed E-state index contributed by atoms with van der Waals surface area (Å²) in [5, 5.41) is 2.64. The molecular formula is C12H15F3N2O2S. The zero-order valence-electron chi connectivity index (χ0n) is 11.1. The molecule has 0 saturated carbocycles. The monoisotopic (exact) mass is 308 g/mol. The first-order valence-corrected chi connectivity index (χ1v) is 7.02. The van der Waals surface area contributed by atoms with Crippen molar-refractivity contribution in [3.63, 3.8) is 0 Å². The minimum Gasteiger partial charge on any atom is -0.375 e. The van der Waals surface area contributed by atoms with Gasteiger partial charge in [-0.05, 0) is 26.7 Å². The third-order valence-corrected chi connectivity index (χ3v) is 3.90. The van der Waals surface area contributed by atoms with Crippen molar-refractivity contribution in [2.45, 2.75) is 44.5 Å². The molecule has 112 valence electrons. The van der Waals surface area contributed by atoms with Gasteiger partial charge in [-0.3, -0.25) is 4.79 Å². The summed E-state index contributed by atoms with van der Waals surface area (Å²) in [6.45, 7) is 4.26. The van der Waals surface area contributed by atoms with E-state index in [4.69, 9.17) is 4.74 Å². The number of alkyl halides is 3. The summed E-state index contributed by atoms with van der Waals surface area (Å²) >= 11 is 0.699. The molecule has 1 atom stereocenters. The van der Waals surface area contributed by atoms with Crippen molar-refractivity contribution in [2.75, 3.05) is 6.61 Å². The molecule has 1 aromatic rings. The van der Waals surface area contributed by atoms with E-state index >= 15 is 0 Å². The van der Waals surface area contributed by atoms with Crippen LogP contribution in [0, 0.1) is 0 Å². The van der Waals surface area contributed by atoms with Gasteiger partial charge in [0.1, 0.15) is 4.88 Å². The highest BCUT2D eigenvalue weighted by Gasteiger charge is 2.39. The smallest absolute Gasteiger partial charge is 0.375 e. The normalized spacial score (nSPS) is 22.6. The van der Waals surface area contributed by atoms with Crippen LogP contribution in [-0.4, -0.2) is 29.1 Å². The van der Waals surface area contributed by atoms with Crippen LogP contribution >= 0.6 is 11.3 Å². The van der Waals surface area contributed by atoms with Crippen molar-refractivity contribution >= 4 is 17.2 Å². The maximum Gasteiger partial charge on any atom is 0.434 e. The van der Waals surface area contributed by atoms with Gasteiger partial charge in [0.25, 0.3) is 5.91 Å². The molecule has 1 aliphatic rings. The van der Waals surface area contributed by atoms with Crippen molar-refractivity contribution in [1.82, 2.24) is 10.3 Å². The van der Waals surface area contributed by atoms with Crippen LogP contribution in [0.25, 0.3) is 0 Å². The van der Waals surface area contributed by atoms with E-state index in [0.717, 1.165) is 5.51 Å². The highest BCUT2D eigenvalue weighted by Crippen LogP contribution is 2.33. The fourth-order valence-corrected chi connectivity index (χ4v) is 2.92. The van der Waals surface area contributed by atoms with Gasteiger partial charge < -0.3 is 10.1 Å². The zero-order valence-corrected chi connectivity index (χ0v) is 11.9. The minimum absolute atomic E-state index is 0.186. The van der Waals surface area contributed by atoms with Crippen LogP contribution < -0.4 is 5.32 Å². The highest BCUT2D eigenvalue weighted by atomic mass is 32.1. The van der Waals surface area contributed by atoms with E-state index in [0.29, 0.717) is 30.8 Å². The van der Waals surface area contributed by atoms with E-state index in [1.807, 2.05) is 13.8 Å². The van der Waals surface area contributed by atoms with Gasteiger partial charge in [0.05, 0.1) is 11.1 Å². The number of carbonyl (C=O) groups excluding carboxylic acids is 1. The Bertz CT molecular complexity index is 499. The number of thiazole rings is 1. The molecule has 20 heavy (non-hydrogen) atoms. The van der Waals surface area contributed by atoms with Crippen molar-refractivity contribution in [3.05, 3.63) is 16.1 Å². The van der Waals surface area contributed by atoms with Crippen LogP contribution in [0.1, 0.15) is 42.1 Å². The number of halogens is 3. The second-order valence-corrected chi connectivity index (χ2v) is 6.15. The second kappa shape index (κ2) is 5.33. The van der Waals surface area contributed by atoms with Gasteiger partial charge in [0.15, 0.2) is 5.69 Å². The Morgan fingerprint density at radius 2 is 2.25 bits per heavy atom. The van der Waals surface area contributed by atoms with Crippen LogP contribution in [0.5, 0.6) is 0 Å². The van der Waals surface area contributed by atoms with Crippen molar-refractivity contribution in [3.8, 4) is 0 Å². The first-order chi connectivity index (χ1) is 9.19. The predicted octanol–water partition coefficient (Wildman–Crippen LogP) is 2.85. The average Bonchev–Trinajstić information content (AvgIpc) is 2.75. The standard InChI is InChI=1S/C12H15F3N2O2S/c1-11(2)5-7(3-4-19-11)17-10(18)8-9(12(13,14)15)16-6-20-8/h6-7H,3-5H2,1-2H3,(H,17,18). The molecule has 1 N–H and O–H groups in total. The minimum atomic E-state index is -4.61. The lowest BCUT2D eigenvalue weighted by atomic mass is 9.94. The Hall–Kier alpha value is -1.15. The molecule has 0 aliphatic carbocycles. The molecule has 2 heterocycles. The number of nitrogens with one attached hydrogen (secondary N) is 1. The van der Waals surface area contributed by atoms with E-state index < -0.39 is 17.8 Å². The molecule has 1 amide bonds. The first-order valence-electron chi connectivity index (χ1n) is 6.14. The number of aromatic nitrogens is 1. The first kappa shape index (κ1) is 15.2. The third-order valence-electron chi connectivity index (χ3n) is 3.07. The molecule has 8 heteroatoms. The molecule has 1 unspecified atom stereocenters. The highest BCUT2D eigenvalue weighted by molar-refractivity contribution is 7.11. The number of carbonyl (C=O) groups is 1. The summed E-state index contributed by atoms with van der Waals surface area (Å²) in [5.74, 6) is -0.720. The number of nitrogens with zero attached hydrogens (tertiary/aromatic N) is 1. The lowest BCUT2D eigenvalue weighted by Crippen LogP contribution is -2.45. The lowest BCUT2D eigenvalue weighted by molar-refractivity contribution is -0.141. The molecule has 0 bridgehead atoms. The summed E-state index contributed by atoms with van der Waals surface area (Å²) in [4.78, 5) is 14.8. The summed E-state index contributed by atoms with van der Waals surface area (Å²) in [6, 6.07) is -0.186. The molecule has 0 radical (unpaired) electrons. The van der Waals surface area contributed by atoms with E-state index in [-0.39, 0.29) is 16.5 Å². The maximum atomic E-state index is 12.7. The molecule has 0 spiro atoms. The Morgan fingerprint density at radius 3 is 2.85 bits per heavy atom. The van der Waals surface area contributed by atoms with Crippen LogP contribution in [0.4, 0.5) is 13.2 Å². The summed E-state index contributed by atoms with van der Waals surface area (Å²) in [6.07, 6.45) is -3.45. The molecular weight excluding hydrogens is 293 g/mol. The Kier molecular flexibility index (Phi) is 4.06. The van der Waals surface area contributed by atoms with E-state index in [1.165, 1.54) is 0 Å². The topological polar surface area (TPSA) is 51.2 Å². The molecule has 1 aliphatic heterocycles. The SMILES string of the molecule is CC1(C)CC(NC(=O)c2scnc2C(F)(F)F)CCO1. The zero-order chi connectivity index (χ0) is 15.0. The van der Waals surface area contributed by atoms with Crippen LogP contribution in [-0.2, 0) is 10.9 Å². The van der Waals surface area contributed by atoms with Crippen molar-refractivity contribution in [1.29, 1.82) is 0 Å². The summed E-state index contributed by atoms with van der Waals surface area (Å²) < 4.78 is 43.6. The predicted molar refractivity (Wildman–Crippen MR) is 67.6 cm³/mol. The molecule has 1 aromatic heterocycles. The summed E-state index contributed by atoms with van der Waals surface area (Å²) in [7, 11) is 0. The Morgan fingerprint density at radius 1 is 1.55 bits per heavy atom. The largest absolute Gasteiger partial charge is 0.434 e. The van der Waals surface area contributed by atoms with Gasteiger partial charge in [-0.25, -0.2) is 4.98 Å². The number of hydrogen-bond donors (Lipinski definition) is 1. The molecule has 2 rings (SSSR count). The van der Waals surface area contributed by atoms with Gasteiger partial charge in [0, 0.05) is 12.6 Å². The van der Waals surface area contributed by atoms with Gasteiger partial charge in [-0.1, -0.05) is 0 Å². The molecule has 0 aromatic carbocycles. The third kappa shape index (κ3) is 3.49. The fourth-order valence-electron chi connectivity index (χ4n) is 2.22.